The second-order valence-electron chi connectivity index (χ2n) is 6.62. The third-order valence-electron chi connectivity index (χ3n) is 5.15. The fraction of sp³-hybridized carbons (Fsp3) is 0.526. The molecular weight excluding hydrogens is 314 g/mol. The van der Waals surface area contributed by atoms with Crippen LogP contribution in [0.25, 0.3) is 0 Å². The van der Waals surface area contributed by atoms with Gasteiger partial charge in [0, 0.05) is 44.3 Å². The molecule has 1 amide bonds. The van der Waals surface area contributed by atoms with Gasteiger partial charge in [-0.2, -0.15) is 0 Å². The summed E-state index contributed by atoms with van der Waals surface area (Å²) < 4.78 is 1.71. The molecule has 0 bridgehead atoms. The van der Waals surface area contributed by atoms with Gasteiger partial charge in [0.05, 0.1) is 12.7 Å². The van der Waals surface area contributed by atoms with Gasteiger partial charge in [0.25, 0.3) is 0 Å². The van der Waals surface area contributed by atoms with E-state index >= 15 is 0 Å². The van der Waals surface area contributed by atoms with E-state index in [2.05, 4.69) is 59.4 Å². The van der Waals surface area contributed by atoms with Crippen LogP contribution in [0.15, 0.2) is 42.7 Å². The highest BCUT2D eigenvalue weighted by Crippen LogP contribution is 2.26. The van der Waals surface area contributed by atoms with Crippen LogP contribution in [0.4, 0.5) is 0 Å². The van der Waals surface area contributed by atoms with Gasteiger partial charge in [0.15, 0.2) is 0 Å². The quantitative estimate of drug-likeness (QED) is 0.776. The summed E-state index contributed by atoms with van der Waals surface area (Å²) in [5.74, 6) is 0.206. The Morgan fingerprint density at radius 1 is 1.36 bits per heavy atom. The maximum Gasteiger partial charge on any atom is 0.224 e. The maximum atomic E-state index is 12.6. The Balaban J connectivity index is 1.56. The molecular formula is C19H27N5O. The molecule has 1 fully saturated rings. The zero-order valence-electron chi connectivity index (χ0n) is 15.1. The summed E-state index contributed by atoms with van der Waals surface area (Å²) in [5.41, 5.74) is 1.34. The number of aryl methyl sites for hydroxylation is 1. The average Bonchev–Trinajstić information content (AvgIpc) is 3.33. The number of aromatic nitrogens is 3. The number of carbonyl (C=O) groups is 1. The number of rotatable bonds is 7. The molecule has 0 aliphatic carbocycles. The molecule has 0 spiro atoms. The van der Waals surface area contributed by atoms with Crippen LogP contribution < -0.4 is 0 Å². The Bertz CT molecular complexity index is 658. The summed E-state index contributed by atoms with van der Waals surface area (Å²) in [6.45, 7) is 7.64. The molecule has 3 rings (SSSR count). The summed E-state index contributed by atoms with van der Waals surface area (Å²) in [5, 5.41) is 7.71. The minimum atomic E-state index is 0.206. The van der Waals surface area contributed by atoms with Crippen molar-refractivity contribution in [3.8, 4) is 0 Å². The number of likely N-dealkylation sites (N-methyl/N-ethyl adjacent to an activating group) is 1. The highest BCUT2D eigenvalue weighted by atomic mass is 16.2. The molecule has 6 nitrogen and oxygen atoms in total. The van der Waals surface area contributed by atoms with E-state index in [0.29, 0.717) is 25.0 Å². The van der Waals surface area contributed by atoms with Crippen molar-refractivity contribution in [2.45, 2.75) is 45.3 Å². The Labute approximate surface area is 149 Å². The molecule has 1 aliphatic heterocycles. The fourth-order valence-corrected chi connectivity index (χ4v) is 3.66. The van der Waals surface area contributed by atoms with Gasteiger partial charge in [-0.3, -0.25) is 14.4 Å². The topological polar surface area (TPSA) is 54.3 Å². The maximum absolute atomic E-state index is 12.6. The van der Waals surface area contributed by atoms with Crippen molar-refractivity contribution in [3.05, 3.63) is 48.3 Å². The highest BCUT2D eigenvalue weighted by Gasteiger charge is 2.32. The van der Waals surface area contributed by atoms with E-state index in [1.807, 2.05) is 4.90 Å². The normalized spacial score (nSPS) is 19.0. The second kappa shape index (κ2) is 8.25. The minimum Gasteiger partial charge on any atom is -0.339 e. The van der Waals surface area contributed by atoms with E-state index < -0.39 is 0 Å². The molecule has 0 N–H and O–H groups in total. The number of benzene rings is 1. The zero-order chi connectivity index (χ0) is 17.6. The van der Waals surface area contributed by atoms with Gasteiger partial charge in [-0.1, -0.05) is 35.5 Å². The van der Waals surface area contributed by atoms with Gasteiger partial charge in [0.1, 0.15) is 0 Å². The van der Waals surface area contributed by atoms with Crippen LogP contribution in [0.3, 0.4) is 0 Å². The number of hydrogen-bond donors (Lipinski definition) is 0. The van der Waals surface area contributed by atoms with Crippen molar-refractivity contribution in [1.82, 2.24) is 24.8 Å². The number of hydrogen-bond acceptors (Lipinski definition) is 4. The smallest absolute Gasteiger partial charge is 0.224 e. The van der Waals surface area contributed by atoms with Gasteiger partial charge >= 0.3 is 0 Å². The summed E-state index contributed by atoms with van der Waals surface area (Å²) in [7, 11) is 0. The molecule has 0 saturated carbocycles. The van der Waals surface area contributed by atoms with E-state index in [0.717, 1.165) is 26.1 Å². The first-order chi connectivity index (χ1) is 12.2. The molecule has 1 aromatic heterocycles. The highest BCUT2D eigenvalue weighted by molar-refractivity contribution is 5.76. The molecule has 2 atom stereocenters. The van der Waals surface area contributed by atoms with Gasteiger partial charge in [-0.25, -0.2) is 0 Å². The van der Waals surface area contributed by atoms with Gasteiger partial charge < -0.3 is 4.90 Å². The molecule has 0 radical (unpaired) electrons. The van der Waals surface area contributed by atoms with E-state index in [4.69, 9.17) is 0 Å². The van der Waals surface area contributed by atoms with Crippen LogP contribution in [-0.4, -0.2) is 56.4 Å². The molecule has 25 heavy (non-hydrogen) atoms. The van der Waals surface area contributed by atoms with Crippen LogP contribution in [0.5, 0.6) is 0 Å². The largest absolute Gasteiger partial charge is 0.339 e. The van der Waals surface area contributed by atoms with E-state index in [-0.39, 0.29) is 5.91 Å². The van der Waals surface area contributed by atoms with Crippen LogP contribution >= 0.6 is 0 Å². The summed E-state index contributed by atoms with van der Waals surface area (Å²) >= 11 is 0. The second-order valence-corrected chi connectivity index (χ2v) is 6.62. The minimum absolute atomic E-state index is 0.206. The molecule has 6 heteroatoms. The van der Waals surface area contributed by atoms with Crippen molar-refractivity contribution in [1.29, 1.82) is 0 Å². The third-order valence-corrected chi connectivity index (χ3v) is 5.15. The lowest BCUT2D eigenvalue weighted by Gasteiger charge is -2.30. The number of nitrogens with zero attached hydrogens (tertiary/aromatic N) is 5. The Morgan fingerprint density at radius 3 is 2.84 bits per heavy atom. The van der Waals surface area contributed by atoms with Crippen molar-refractivity contribution in [2.75, 3.05) is 19.6 Å². The van der Waals surface area contributed by atoms with Crippen molar-refractivity contribution in [3.63, 3.8) is 0 Å². The average molecular weight is 341 g/mol. The number of carbonyl (C=O) groups excluding carboxylic acids is 1. The SMILES string of the molecule is CCN(C(=O)CCn1ccnn1)[C@@H]1CCN([C@@H](C)c2ccccc2)C1. The van der Waals surface area contributed by atoms with Crippen LogP contribution in [0, 0.1) is 0 Å². The number of likely N-dealkylation sites (tertiary alicyclic amines) is 1. The molecule has 2 heterocycles. The first-order valence-electron chi connectivity index (χ1n) is 9.11. The first-order valence-corrected chi connectivity index (χ1v) is 9.11. The van der Waals surface area contributed by atoms with Gasteiger partial charge in [-0.05, 0) is 25.8 Å². The van der Waals surface area contributed by atoms with Crippen LogP contribution in [0.2, 0.25) is 0 Å². The molecule has 1 aliphatic rings. The molecule has 0 unspecified atom stereocenters. The van der Waals surface area contributed by atoms with E-state index in [1.165, 1.54) is 5.56 Å². The summed E-state index contributed by atoms with van der Waals surface area (Å²) in [6.07, 6.45) is 4.95. The van der Waals surface area contributed by atoms with Gasteiger partial charge in [-0.15, -0.1) is 5.10 Å². The van der Waals surface area contributed by atoms with Crippen molar-refractivity contribution in [2.24, 2.45) is 0 Å². The van der Waals surface area contributed by atoms with E-state index in [9.17, 15) is 4.79 Å². The predicted molar refractivity (Wildman–Crippen MR) is 96.9 cm³/mol. The fourth-order valence-electron chi connectivity index (χ4n) is 3.66. The number of amides is 1. The molecule has 1 saturated heterocycles. The monoisotopic (exact) mass is 341 g/mol. The first kappa shape index (κ1) is 17.6. The summed E-state index contributed by atoms with van der Waals surface area (Å²) in [4.78, 5) is 17.2. The van der Waals surface area contributed by atoms with Crippen LogP contribution in [-0.2, 0) is 11.3 Å². The molecule has 1 aromatic carbocycles. The van der Waals surface area contributed by atoms with Crippen LogP contribution in [0.1, 0.15) is 38.3 Å². The lowest BCUT2D eigenvalue weighted by atomic mass is 10.1. The zero-order valence-corrected chi connectivity index (χ0v) is 15.1. The lowest BCUT2D eigenvalue weighted by Crippen LogP contribution is -2.42. The molecule has 2 aromatic rings. The Morgan fingerprint density at radius 2 is 2.16 bits per heavy atom. The Kier molecular flexibility index (Phi) is 5.81. The Hall–Kier alpha value is -2.21. The molecule has 134 valence electrons. The van der Waals surface area contributed by atoms with Crippen molar-refractivity contribution >= 4 is 5.91 Å². The van der Waals surface area contributed by atoms with Gasteiger partial charge in [0.2, 0.25) is 5.91 Å². The standard InChI is InChI=1S/C19H27N5O/c1-3-24(19(25)10-13-23-14-11-20-21-23)18-9-12-22(15-18)16(2)17-7-5-4-6-8-17/h4-8,11,14,16,18H,3,9-10,12-13,15H2,1-2H3/t16-,18+/m0/s1. The third kappa shape index (κ3) is 4.25. The lowest BCUT2D eigenvalue weighted by molar-refractivity contribution is -0.133. The van der Waals surface area contributed by atoms with Crippen molar-refractivity contribution < 1.29 is 4.79 Å². The van der Waals surface area contributed by atoms with E-state index in [1.54, 1.807) is 17.1 Å². The predicted octanol–water partition coefficient (Wildman–Crippen LogP) is 2.35. The summed E-state index contributed by atoms with van der Waals surface area (Å²) in [6, 6.07) is 11.3.